The van der Waals surface area contributed by atoms with Crippen LogP contribution in [0.3, 0.4) is 0 Å². The lowest BCUT2D eigenvalue weighted by atomic mass is 9.93. The molecule has 0 spiro atoms. The summed E-state index contributed by atoms with van der Waals surface area (Å²) < 4.78 is 18.2. The van der Waals surface area contributed by atoms with E-state index in [1.54, 1.807) is 67.6 Å². The molecular weight excluding hydrogens is 466 g/mol. The van der Waals surface area contributed by atoms with Crippen molar-refractivity contribution in [1.82, 2.24) is 9.66 Å². The molecule has 1 saturated heterocycles. The predicted octanol–water partition coefficient (Wildman–Crippen LogP) is 1.89. The summed E-state index contributed by atoms with van der Waals surface area (Å²) in [5.74, 6) is -4.66. The Hall–Kier alpha value is -4.35. The van der Waals surface area contributed by atoms with Gasteiger partial charge in [-0.15, -0.1) is 0 Å². The van der Waals surface area contributed by atoms with Crippen molar-refractivity contribution in [3.05, 3.63) is 89.5 Å². The normalized spacial score (nSPS) is 23.1. The average molecular weight is 492 g/mol. The van der Waals surface area contributed by atoms with Crippen LogP contribution >= 0.6 is 0 Å². The Kier molecular flexibility index (Phi) is 6.95. The number of aromatic nitrogens is 2. The second-order valence-electron chi connectivity index (χ2n) is 8.18. The van der Waals surface area contributed by atoms with E-state index in [1.807, 2.05) is 0 Å². The second kappa shape index (κ2) is 10.1. The maximum atomic E-state index is 12.9. The van der Waals surface area contributed by atoms with Crippen LogP contribution in [0.25, 0.3) is 0 Å². The molecule has 4 atom stereocenters. The third kappa shape index (κ3) is 4.61. The molecule has 2 aromatic carbocycles. The van der Waals surface area contributed by atoms with Gasteiger partial charge in [0.1, 0.15) is 24.5 Å². The average Bonchev–Trinajstić information content (AvgIpc) is 3.44. The Morgan fingerprint density at radius 3 is 2.31 bits per heavy atom. The monoisotopic (exact) mass is 491 g/mol. The molecule has 11 nitrogen and oxygen atoms in total. The van der Waals surface area contributed by atoms with Gasteiger partial charge in [-0.1, -0.05) is 43.3 Å². The minimum absolute atomic E-state index is 0.0212. The van der Waals surface area contributed by atoms with Crippen molar-refractivity contribution in [1.29, 1.82) is 5.41 Å². The van der Waals surface area contributed by atoms with E-state index in [0.29, 0.717) is 11.1 Å². The van der Waals surface area contributed by atoms with Gasteiger partial charge >= 0.3 is 11.9 Å². The summed E-state index contributed by atoms with van der Waals surface area (Å²) in [6.45, 7) is 4.74. The molecule has 1 fully saturated rings. The highest BCUT2D eigenvalue weighted by Gasteiger charge is 2.57. The number of nitrogens with zero attached hydrogens (tertiary/aromatic N) is 3. The van der Waals surface area contributed by atoms with E-state index in [0.717, 1.165) is 4.68 Å². The Morgan fingerprint density at radius 2 is 1.75 bits per heavy atom. The highest BCUT2D eigenvalue weighted by molar-refractivity contribution is 5.92. The largest absolute Gasteiger partial charge is 0.459 e. The zero-order valence-electron chi connectivity index (χ0n) is 19.4. The number of carbonyl (C=O) groups excluding carboxylic acids is 2. The summed E-state index contributed by atoms with van der Waals surface area (Å²) in [5.41, 5.74) is 6.22. The molecule has 4 rings (SSSR count). The number of hydrogen-bond donors (Lipinski definition) is 3. The first-order valence-electron chi connectivity index (χ1n) is 11.0. The second-order valence-corrected chi connectivity index (χ2v) is 8.18. The lowest BCUT2D eigenvalue weighted by Gasteiger charge is -2.27. The van der Waals surface area contributed by atoms with Crippen molar-refractivity contribution < 1.29 is 28.9 Å². The standard InChI is InChI=1S/C25H25N5O6/c1-15-20(35-24(32)17-11-7-4-8-12-17)18(14-34-23(31)16-9-5-3-6-10-16)36-25(15,33)19-13-29-22(21(26)27)30(19)28-2/h3-13,15,18,20,33H,2,14H2,1H3,(H3,26,27)/t15?,18-,20+,25?/m1/s1. The Labute approximate surface area is 206 Å². The minimum atomic E-state index is -2.09. The Balaban J connectivity index is 1.64. The molecule has 4 N–H and O–H groups in total. The molecule has 1 aliphatic rings. The van der Waals surface area contributed by atoms with Gasteiger partial charge in [-0.05, 0) is 24.3 Å². The van der Waals surface area contributed by atoms with Crippen LogP contribution in [-0.2, 0) is 20.0 Å². The molecule has 0 bridgehead atoms. The van der Waals surface area contributed by atoms with E-state index in [4.69, 9.17) is 25.4 Å². The minimum Gasteiger partial charge on any atom is -0.459 e. The van der Waals surface area contributed by atoms with Crippen LogP contribution in [0.1, 0.15) is 39.2 Å². The summed E-state index contributed by atoms with van der Waals surface area (Å²) in [6, 6.07) is 16.7. The van der Waals surface area contributed by atoms with Gasteiger partial charge in [0.2, 0.25) is 5.79 Å². The van der Waals surface area contributed by atoms with Crippen molar-refractivity contribution in [3.63, 3.8) is 0 Å². The third-order valence-electron chi connectivity index (χ3n) is 5.94. The first kappa shape index (κ1) is 24.8. The van der Waals surface area contributed by atoms with Crippen molar-refractivity contribution in [3.8, 4) is 0 Å². The molecule has 186 valence electrons. The number of nitrogens with two attached hydrogens (primary N) is 1. The quantitative estimate of drug-likeness (QED) is 0.244. The van der Waals surface area contributed by atoms with E-state index in [-0.39, 0.29) is 18.1 Å². The number of hydrogen-bond acceptors (Lipinski definition) is 9. The first-order chi connectivity index (χ1) is 17.3. The van der Waals surface area contributed by atoms with E-state index >= 15 is 0 Å². The molecule has 0 saturated carbocycles. The predicted molar refractivity (Wildman–Crippen MR) is 128 cm³/mol. The number of imidazole rings is 1. The summed E-state index contributed by atoms with van der Waals surface area (Å²) in [5, 5.41) is 23.1. The van der Waals surface area contributed by atoms with Crippen LogP contribution in [0.4, 0.5) is 0 Å². The lowest BCUT2D eigenvalue weighted by molar-refractivity contribution is -0.226. The van der Waals surface area contributed by atoms with Crippen molar-refractivity contribution >= 4 is 24.5 Å². The van der Waals surface area contributed by atoms with Gasteiger partial charge in [0, 0.05) is 6.72 Å². The van der Waals surface area contributed by atoms with Crippen LogP contribution in [0.2, 0.25) is 0 Å². The Bertz CT molecular complexity index is 1280. The molecule has 0 aliphatic carbocycles. The fraction of sp³-hybridized carbons (Fsp3) is 0.240. The zero-order valence-corrected chi connectivity index (χ0v) is 19.4. The molecule has 1 aromatic heterocycles. The van der Waals surface area contributed by atoms with Crippen molar-refractivity contribution in [2.24, 2.45) is 16.8 Å². The Morgan fingerprint density at radius 1 is 1.17 bits per heavy atom. The smallest absolute Gasteiger partial charge is 0.338 e. The van der Waals surface area contributed by atoms with E-state index in [9.17, 15) is 14.7 Å². The summed E-state index contributed by atoms with van der Waals surface area (Å²) in [7, 11) is 0. The first-order valence-corrected chi connectivity index (χ1v) is 11.0. The van der Waals surface area contributed by atoms with E-state index < -0.39 is 41.7 Å². The number of esters is 2. The molecule has 2 heterocycles. The number of carbonyl (C=O) groups is 2. The summed E-state index contributed by atoms with van der Waals surface area (Å²) in [4.78, 5) is 29.4. The third-order valence-corrected chi connectivity index (χ3v) is 5.94. The van der Waals surface area contributed by atoms with Gasteiger partial charge in [0.15, 0.2) is 11.7 Å². The van der Waals surface area contributed by atoms with Crippen molar-refractivity contribution in [2.75, 3.05) is 6.61 Å². The van der Waals surface area contributed by atoms with Crippen LogP contribution < -0.4 is 5.73 Å². The van der Waals surface area contributed by atoms with Gasteiger partial charge in [0.05, 0.1) is 23.2 Å². The number of nitrogens with one attached hydrogen (secondary N) is 1. The zero-order chi connectivity index (χ0) is 25.9. The highest BCUT2D eigenvalue weighted by Crippen LogP contribution is 2.44. The van der Waals surface area contributed by atoms with Gasteiger partial charge in [-0.2, -0.15) is 5.10 Å². The molecule has 0 amide bonds. The lowest BCUT2D eigenvalue weighted by Crippen LogP contribution is -2.37. The van der Waals surface area contributed by atoms with Crippen molar-refractivity contribution in [2.45, 2.75) is 24.9 Å². The number of benzene rings is 2. The molecule has 3 aromatic rings. The summed E-state index contributed by atoms with van der Waals surface area (Å²) >= 11 is 0. The molecular formula is C25H25N5O6. The number of aliphatic hydroxyl groups is 1. The maximum absolute atomic E-state index is 12.9. The van der Waals surface area contributed by atoms with Crippen LogP contribution in [0, 0.1) is 11.3 Å². The number of ether oxygens (including phenoxy) is 3. The van der Waals surface area contributed by atoms with Gasteiger partial charge in [-0.3, -0.25) is 5.41 Å². The fourth-order valence-corrected chi connectivity index (χ4v) is 4.05. The summed E-state index contributed by atoms with van der Waals surface area (Å²) in [6.07, 6.45) is -0.824. The number of amidine groups is 1. The number of rotatable bonds is 8. The van der Waals surface area contributed by atoms with Crippen LogP contribution in [-0.4, -0.2) is 58.1 Å². The molecule has 1 aliphatic heterocycles. The fourth-order valence-electron chi connectivity index (χ4n) is 4.05. The molecule has 11 heteroatoms. The maximum Gasteiger partial charge on any atom is 0.338 e. The van der Waals surface area contributed by atoms with E-state index in [1.165, 1.54) is 6.20 Å². The molecule has 2 unspecified atom stereocenters. The number of nitrogen functional groups attached to an aromatic ring is 1. The topological polar surface area (TPSA) is 162 Å². The SMILES string of the molecule is C=Nn1c(C2(O)O[C@H](COC(=O)c3ccccc3)[C@@H](OC(=O)c3ccccc3)C2C)cnc1C(=N)N. The molecule has 0 radical (unpaired) electrons. The van der Waals surface area contributed by atoms with Crippen LogP contribution in [0.15, 0.2) is 72.0 Å². The van der Waals surface area contributed by atoms with Gasteiger partial charge < -0.3 is 25.1 Å². The highest BCUT2D eigenvalue weighted by atomic mass is 16.7. The van der Waals surface area contributed by atoms with E-state index in [2.05, 4.69) is 16.8 Å². The van der Waals surface area contributed by atoms with Crippen LogP contribution in [0.5, 0.6) is 0 Å². The molecule has 36 heavy (non-hydrogen) atoms. The van der Waals surface area contributed by atoms with Gasteiger partial charge in [-0.25, -0.2) is 19.2 Å². The van der Waals surface area contributed by atoms with Gasteiger partial charge in [0.25, 0.3) is 0 Å².